The van der Waals surface area contributed by atoms with Crippen LogP contribution in [0.4, 0.5) is 5.69 Å². The summed E-state index contributed by atoms with van der Waals surface area (Å²) in [6, 6.07) is 17.5. The van der Waals surface area contributed by atoms with Crippen LogP contribution in [0.3, 0.4) is 0 Å². The first-order valence-corrected chi connectivity index (χ1v) is 12.7. The highest BCUT2D eigenvalue weighted by Gasteiger charge is 2.36. The predicted octanol–water partition coefficient (Wildman–Crippen LogP) is 5.52. The van der Waals surface area contributed by atoms with E-state index in [2.05, 4.69) is 10.3 Å². The van der Waals surface area contributed by atoms with Crippen molar-refractivity contribution in [3.63, 3.8) is 0 Å². The van der Waals surface area contributed by atoms with Crippen LogP contribution >= 0.6 is 0 Å². The van der Waals surface area contributed by atoms with E-state index >= 15 is 0 Å². The van der Waals surface area contributed by atoms with Crippen LogP contribution in [0.2, 0.25) is 0 Å². The van der Waals surface area contributed by atoms with E-state index in [1.807, 2.05) is 48.5 Å². The molecule has 2 unspecified atom stereocenters. The van der Waals surface area contributed by atoms with Gasteiger partial charge in [-0.15, -0.1) is 0 Å². The van der Waals surface area contributed by atoms with E-state index in [1.165, 1.54) is 6.42 Å². The molecule has 5 nitrogen and oxygen atoms in total. The maximum atomic E-state index is 13.6. The Kier molecular flexibility index (Phi) is 6.82. The third-order valence-electron chi connectivity index (χ3n) is 6.80. The topological polar surface area (TPSA) is 62.3 Å². The molecule has 5 rings (SSSR count). The third-order valence-corrected chi connectivity index (χ3v) is 8.75. The number of anilines is 1. The molecule has 1 aliphatic carbocycles. The van der Waals surface area contributed by atoms with Crippen LogP contribution < -0.4 is 5.32 Å². The zero-order valence-corrected chi connectivity index (χ0v) is 19.2. The Balaban J connectivity index is 0.00000245. The molecule has 6 heteroatoms. The van der Waals surface area contributed by atoms with Crippen molar-refractivity contribution in [2.75, 3.05) is 11.9 Å². The van der Waals surface area contributed by atoms with Crippen molar-refractivity contribution in [1.29, 1.82) is 0 Å². The van der Waals surface area contributed by atoms with Gasteiger partial charge in [-0.25, -0.2) is 8.42 Å². The van der Waals surface area contributed by atoms with Gasteiger partial charge in [0.2, 0.25) is 10.0 Å². The Hall–Kier alpha value is -2.44. The Labute approximate surface area is 191 Å². The van der Waals surface area contributed by atoms with Gasteiger partial charge in [0, 0.05) is 29.9 Å². The first-order chi connectivity index (χ1) is 15.1. The second-order valence-corrected chi connectivity index (χ2v) is 10.7. The van der Waals surface area contributed by atoms with Crippen molar-refractivity contribution < 1.29 is 8.42 Å². The van der Waals surface area contributed by atoms with E-state index in [0.29, 0.717) is 23.9 Å². The first-order valence-electron chi connectivity index (χ1n) is 11.3. The molecule has 1 saturated heterocycles. The number of nitrogens with zero attached hydrogens (tertiary/aromatic N) is 2. The number of aromatic nitrogens is 1. The minimum Gasteiger partial charge on any atom is -0.379 e. The average molecular weight is 450 g/mol. The molecule has 1 saturated carbocycles. The molecular weight excluding hydrogens is 418 g/mol. The summed E-state index contributed by atoms with van der Waals surface area (Å²) in [7, 11) is -3.49. The molecule has 2 aliphatic rings. The smallest absolute Gasteiger partial charge is 0.243 e. The molecule has 1 aliphatic heterocycles. The fraction of sp³-hybridized carbons (Fsp3) is 0.385. The van der Waals surface area contributed by atoms with Crippen molar-refractivity contribution in [3.05, 3.63) is 73.9 Å². The molecule has 32 heavy (non-hydrogen) atoms. The molecule has 2 heterocycles. The van der Waals surface area contributed by atoms with E-state index in [0.717, 1.165) is 54.3 Å². The van der Waals surface area contributed by atoms with Crippen LogP contribution in [0, 0.1) is 13.3 Å². The number of rotatable bonds is 5. The lowest BCUT2D eigenvalue weighted by Crippen LogP contribution is -2.41. The Bertz CT molecular complexity index is 1160. The third kappa shape index (κ3) is 4.52. The van der Waals surface area contributed by atoms with E-state index in [1.54, 1.807) is 16.6 Å². The van der Waals surface area contributed by atoms with Gasteiger partial charge in [-0.2, -0.15) is 4.31 Å². The van der Waals surface area contributed by atoms with E-state index < -0.39 is 10.0 Å². The van der Waals surface area contributed by atoms with Crippen LogP contribution in [-0.2, 0) is 16.6 Å². The summed E-state index contributed by atoms with van der Waals surface area (Å²) in [4.78, 5) is 4.77. The van der Waals surface area contributed by atoms with Crippen molar-refractivity contribution in [3.8, 4) is 0 Å². The summed E-state index contributed by atoms with van der Waals surface area (Å²) in [6.07, 6.45) is 8.33. The maximum Gasteiger partial charge on any atom is 0.243 e. The van der Waals surface area contributed by atoms with Crippen molar-refractivity contribution >= 4 is 26.5 Å². The fourth-order valence-corrected chi connectivity index (χ4v) is 6.96. The lowest BCUT2D eigenvalue weighted by molar-refractivity contribution is 0.238. The molecule has 2 bridgehead atoms. The molecule has 2 aromatic carbocycles. The molecule has 0 amide bonds. The van der Waals surface area contributed by atoms with Crippen LogP contribution in [0.5, 0.6) is 0 Å². The highest BCUT2D eigenvalue weighted by Crippen LogP contribution is 2.37. The quantitative estimate of drug-likeness (QED) is 0.557. The van der Waals surface area contributed by atoms with Crippen LogP contribution in [-0.4, -0.2) is 30.3 Å². The Morgan fingerprint density at radius 2 is 1.88 bits per heavy atom. The number of sulfonamides is 1. The summed E-state index contributed by atoms with van der Waals surface area (Å²) >= 11 is 0. The average Bonchev–Trinajstić information content (AvgIpc) is 2.95. The number of benzene rings is 2. The fourth-order valence-electron chi connectivity index (χ4n) is 5.22. The molecule has 2 radical (unpaired) electrons. The zero-order chi connectivity index (χ0) is 21.3. The predicted molar refractivity (Wildman–Crippen MR) is 130 cm³/mol. The molecule has 1 aromatic heterocycles. The van der Waals surface area contributed by atoms with Gasteiger partial charge in [0.05, 0.1) is 17.1 Å². The molecule has 3 aromatic rings. The standard InChI is InChI=1S/C25H29N3O2S.CH2/c29-31(30,28-15-5-7-19-6-3-10-22(28)16-19)23-12-13-24-20(17-23)8-4-11-25(24)27-18-21-9-1-2-14-26-21;/h1-2,4,8-9,11-14,17,19,22,27H,3,5-7,10,15-16,18H2;1H2. The van der Waals surface area contributed by atoms with Crippen LogP contribution in [0.1, 0.15) is 44.2 Å². The highest BCUT2D eigenvalue weighted by molar-refractivity contribution is 7.89. The summed E-state index contributed by atoms with van der Waals surface area (Å²) < 4.78 is 29.0. The second-order valence-electron chi connectivity index (χ2n) is 8.81. The normalized spacial score (nSPS) is 21.5. The van der Waals surface area contributed by atoms with Crippen LogP contribution in [0.15, 0.2) is 65.7 Å². The van der Waals surface area contributed by atoms with Gasteiger partial charge in [-0.1, -0.05) is 44.5 Å². The van der Waals surface area contributed by atoms with Gasteiger partial charge in [-0.3, -0.25) is 4.98 Å². The number of pyridine rings is 1. The zero-order valence-electron chi connectivity index (χ0n) is 18.4. The van der Waals surface area contributed by atoms with E-state index in [4.69, 9.17) is 0 Å². The lowest BCUT2D eigenvalue weighted by atomic mass is 9.84. The molecule has 1 N–H and O–H groups in total. The minimum atomic E-state index is -3.49. The van der Waals surface area contributed by atoms with Crippen molar-refractivity contribution in [1.82, 2.24) is 9.29 Å². The summed E-state index contributed by atoms with van der Waals surface area (Å²) in [5, 5.41) is 5.39. The van der Waals surface area contributed by atoms with Gasteiger partial charge in [0.1, 0.15) is 0 Å². The SMILES string of the molecule is O=S(=O)(c1ccc2c(NCc3ccccn3)cccc2c1)N1CCCC2CCCC1C2.[CH2]. The summed E-state index contributed by atoms with van der Waals surface area (Å²) in [6.45, 7) is 1.27. The van der Waals surface area contributed by atoms with E-state index in [9.17, 15) is 8.42 Å². The monoisotopic (exact) mass is 449 g/mol. The Morgan fingerprint density at radius 1 is 1.00 bits per heavy atom. The Morgan fingerprint density at radius 3 is 2.72 bits per heavy atom. The highest BCUT2D eigenvalue weighted by atomic mass is 32.2. The number of hydrogen-bond acceptors (Lipinski definition) is 4. The molecule has 0 spiro atoms. The van der Waals surface area contributed by atoms with Crippen molar-refractivity contribution in [2.45, 2.75) is 56.0 Å². The van der Waals surface area contributed by atoms with Gasteiger partial charge in [0.15, 0.2) is 0 Å². The number of nitrogens with one attached hydrogen (secondary N) is 1. The summed E-state index contributed by atoms with van der Waals surface area (Å²) in [5.41, 5.74) is 1.95. The van der Waals surface area contributed by atoms with E-state index in [-0.39, 0.29) is 13.5 Å². The minimum absolute atomic E-state index is 0. The maximum absolute atomic E-state index is 13.6. The largest absolute Gasteiger partial charge is 0.379 e. The van der Waals surface area contributed by atoms with Crippen molar-refractivity contribution in [2.24, 2.45) is 5.92 Å². The lowest BCUT2D eigenvalue weighted by Gasteiger charge is -2.33. The van der Waals surface area contributed by atoms with Gasteiger partial charge >= 0.3 is 0 Å². The number of hydrogen-bond donors (Lipinski definition) is 1. The molecule has 168 valence electrons. The molecular formula is C26H31N3O2S. The van der Waals surface area contributed by atoms with Crippen LogP contribution in [0.25, 0.3) is 10.8 Å². The van der Waals surface area contributed by atoms with Gasteiger partial charge in [0.25, 0.3) is 0 Å². The number of fused-ring (bicyclic) bond motifs is 3. The van der Waals surface area contributed by atoms with Gasteiger partial charge in [-0.05, 0) is 67.3 Å². The van der Waals surface area contributed by atoms with Gasteiger partial charge < -0.3 is 5.32 Å². The second kappa shape index (κ2) is 9.59. The summed E-state index contributed by atoms with van der Waals surface area (Å²) in [5.74, 6) is 0.697. The molecule has 2 fully saturated rings. The first kappa shape index (κ1) is 22.7. The molecule has 2 atom stereocenters.